The Bertz CT molecular complexity index is 565. The normalized spacial score (nSPS) is 10.6. The molecule has 0 amide bonds. The van der Waals surface area contributed by atoms with Gasteiger partial charge in [0.15, 0.2) is 17.5 Å². The summed E-state index contributed by atoms with van der Waals surface area (Å²) in [6.07, 6.45) is 0. The van der Waals surface area contributed by atoms with Crippen molar-refractivity contribution in [1.29, 1.82) is 0 Å². The van der Waals surface area contributed by atoms with Crippen molar-refractivity contribution in [3.05, 3.63) is 64.5 Å². The van der Waals surface area contributed by atoms with E-state index in [-0.39, 0.29) is 5.69 Å². The molecule has 0 fully saturated rings. The van der Waals surface area contributed by atoms with Gasteiger partial charge in [0.1, 0.15) is 0 Å². The molecule has 4 heteroatoms. The van der Waals surface area contributed by atoms with Crippen LogP contribution in [0.5, 0.6) is 0 Å². The molecule has 0 radical (unpaired) electrons. The molecule has 0 aliphatic heterocycles. The third-order valence-corrected chi connectivity index (χ3v) is 2.76. The zero-order chi connectivity index (χ0) is 14.0. The van der Waals surface area contributed by atoms with Gasteiger partial charge in [0, 0.05) is 24.4 Å². The topological polar surface area (TPSA) is 12.0 Å². The molecule has 19 heavy (non-hydrogen) atoms. The number of hydrogen-bond acceptors (Lipinski definition) is 1. The van der Waals surface area contributed by atoms with Crippen LogP contribution in [-0.2, 0) is 6.54 Å². The van der Waals surface area contributed by atoms with Gasteiger partial charge in [0.2, 0.25) is 0 Å². The monoisotopic (exact) mass is 265 g/mol. The molecule has 1 nitrogen and oxygen atoms in total. The van der Waals surface area contributed by atoms with E-state index in [1.54, 1.807) is 0 Å². The van der Waals surface area contributed by atoms with E-state index in [4.69, 9.17) is 0 Å². The Morgan fingerprint density at radius 1 is 0.842 bits per heavy atom. The van der Waals surface area contributed by atoms with E-state index >= 15 is 0 Å². The maximum Gasteiger partial charge on any atom is 0.194 e. The predicted molar refractivity (Wildman–Crippen MR) is 69.6 cm³/mol. The van der Waals surface area contributed by atoms with Crippen molar-refractivity contribution in [3.8, 4) is 0 Å². The maximum atomic E-state index is 13.0. The third-order valence-electron chi connectivity index (χ3n) is 2.76. The van der Waals surface area contributed by atoms with Crippen LogP contribution in [0.25, 0.3) is 0 Å². The summed E-state index contributed by atoms with van der Waals surface area (Å²) in [6, 6.07) is 7.90. The molecule has 0 saturated carbocycles. The van der Waals surface area contributed by atoms with Crippen LogP contribution in [-0.4, -0.2) is 0 Å². The van der Waals surface area contributed by atoms with E-state index in [1.807, 2.05) is 32.0 Å². The molecule has 0 aliphatic carbocycles. The average Bonchev–Trinajstić information content (AvgIpc) is 2.32. The number of halogens is 3. The lowest BCUT2D eigenvalue weighted by Crippen LogP contribution is -2.02. The second-order valence-electron chi connectivity index (χ2n) is 4.60. The van der Waals surface area contributed by atoms with Gasteiger partial charge < -0.3 is 5.32 Å². The molecule has 0 saturated heterocycles. The van der Waals surface area contributed by atoms with Crippen LogP contribution in [0, 0.1) is 31.3 Å². The highest BCUT2D eigenvalue weighted by atomic mass is 19.2. The number of aryl methyl sites for hydroxylation is 2. The summed E-state index contributed by atoms with van der Waals surface area (Å²) in [5, 5.41) is 2.88. The number of rotatable bonds is 3. The van der Waals surface area contributed by atoms with Gasteiger partial charge >= 0.3 is 0 Å². The van der Waals surface area contributed by atoms with Crippen LogP contribution in [0.4, 0.5) is 18.9 Å². The molecule has 2 aromatic rings. The summed E-state index contributed by atoms with van der Waals surface area (Å²) < 4.78 is 38.9. The molecule has 2 aromatic carbocycles. The maximum absolute atomic E-state index is 13.0. The van der Waals surface area contributed by atoms with Crippen LogP contribution in [0.15, 0.2) is 30.3 Å². The van der Waals surface area contributed by atoms with Gasteiger partial charge in [-0.3, -0.25) is 0 Å². The molecular weight excluding hydrogens is 251 g/mol. The van der Waals surface area contributed by atoms with Gasteiger partial charge in [-0.25, -0.2) is 13.2 Å². The van der Waals surface area contributed by atoms with Gasteiger partial charge in [-0.15, -0.1) is 0 Å². The zero-order valence-electron chi connectivity index (χ0n) is 10.7. The molecule has 0 spiro atoms. The fourth-order valence-electron chi connectivity index (χ4n) is 2.03. The summed E-state index contributed by atoms with van der Waals surface area (Å²) in [5.41, 5.74) is 3.46. The standard InChI is InChI=1S/C15H14F3N/c1-9-3-10(2)5-11(4-9)8-19-12-6-13(16)15(18)14(17)7-12/h3-7,19H,8H2,1-2H3. The van der Waals surface area contributed by atoms with E-state index in [2.05, 4.69) is 5.32 Å². The predicted octanol–water partition coefficient (Wildman–Crippen LogP) is 4.33. The number of anilines is 1. The Kier molecular flexibility index (Phi) is 3.79. The van der Waals surface area contributed by atoms with Crippen molar-refractivity contribution < 1.29 is 13.2 Å². The molecule has 1 N–H and O–H groups in total. The second kappa shape index (κ2) is 5.34. The lowest BCUT2D eigenvalue weighted by molar-refractivity contribution is 0.447. The van der Waals surface area contributed by atoms with Crippen LogP contribution < -0.4 is 5.32 Å². The van der Waals surface area contributed by atoms with E-state index in [1.165, 1.54) is 0 Å². The molecule has 0 unspecified atom stereocenters. The van der Waals surface area contributed by atoms with E-state index in [0.717, 1.165) is 28.8 Å². The number of benzene rings is 2. The van der Waals surface area contributed by atoms with Gasteiger partial charge in [0.05, 0.1) is 0 Å². The highest BCUT2D eigenvalue weighted by molar-refractivity contribution is 5.45. The first-order valence-corrected chi connectivity index (χ1v) is 5.91. The molecule has 0 aliphatic rings. The largest absolute Gasteiger partial charge is 0.381 e. The quantitative estimate of drug-likeness (QED) is 0.814. The Morgan fingerprint density at radius 2 is 1.37 bits per heavy atom. The lowest BCUT2D eigenvalue weighted by Gasteiger charge is -2.09. The first kappa shape index (κ1) is 13.5. The van der Waals surface area contributed by atoms with Crippen molar-refractivity contribution in [2.75, 3.05) is 5.32 Å². The average molecular weight is 265 g/mol. The highest BCUT2D eigenvalue weighted by Gasteiger charge is 2.10. The SMILES string of the molecule is Cc1cc(C)cc(CNc2cc(F)c(F)c(F)c2)c1. The summed E-state index contributed by atoms with van der Waals surface area (Å²) in [6.45, 7) is 4.38. The molecule has 2 rings (SSSR count). The Morgan fingerprint density at radius 3 is 1.89 bits per heavy atom. The minimum atomic E-state index is -1.45. The smallest absolute Gasteiger partial charge is 0.194 e. The summed E-state index contributed by atoms with van der Waals surface area (Å²) in [5.74, 6) is -3.83. The fraction of sp³-hybridized carbons (Fsp3) is 0.200. The van der Waals surface area contributed by atoms with E-state index < -0.39 is 17.5 Å². The van der Waals surface area contributed by atoms with E-state index in [0.29, 0.717) is 6.54 Å². The van der Waals surface area contributed by atoms with Crippen molar-refractivity contribution in [1.82, 2.24) is 0 Å². The van der Waals surface area contributed by atoms with Crippen molar-refractivity contribution in [3.63, 3.8) is 0 Å². The van der Waals surface area contributed by atoms with Crippen LogP contribution in [0.1, 0.15) is 16.7 Å². The Labute approximate surface area is 110 Å². The molecular formula is C15H14F3N. The minimum absolute atomic E-state index is 0.218. The fourth-order valence-corrected chi connectivity index (χ4v) is 2.03. The van der Waals surface area contributed by atoms with Crippen LogP contribution in [0.3, 0.4) is 0 Å². The molecule has 0 aromatic heterocycles. The second-order valence-corrected chi connectivity index (χ2v) is 4.60. The Hall–Kier alpha value is -1.97. The Balaban J connectivity index is 2.14. The van der Waals surface area contributed by atoms with Crippen molar-refractivity contribution >= 4 is 5.69 Å². The van der Waals surface area contributed by atoms with Gasteiger partial charge in [-0.05, 0) is 19.4 Å². The third kappa shape index (κ3) is 3.28. The highest BCUT2D eigenvalue weighted by Crippen LogP contribution is 2.18. The number of nitrogens with one attached hydrogen (secondary N) is 1. The van der Waals surface area contributed by atoms with Crippen molar-refractivity contribution in [2.24, 2.45) is 0 Å². The van der Waals surface area contributed by atoms with Gasteiger partial charge in [-0.1, -0.05) is 29.3 Å². The zero-order valence-corrected chi connectivity index (χ0v) is 10.7. The van der Waals surface area contributed by atoms with Gasteiger partial charge in [-0.2, -0.15) is 0 Å². The van der Waals surface area contributed by atoms with Crippen LogP contribution in [0.2, 0.25) is 0 Å². The lowest BCUT2D eigenvalue weighted by atomic mass is 10.1. The molecule has 0 atom stereocenters. The summed E-state index contributed by atoms with van der Waals surface area (Å²) >= 11 is 0. The molecule has 100 valence electrons. The van der Waals surface area contributed by atoms with Crippen molar-refractivity contribution in [2.45, 2.75) is 20.4 Å². The van der Waals surface area contributed by atoms with Crippen LogP contribution >= 0.6 is 0 Å². The first-order chi connectivity index (χ1) is 8.95. The first-order valence-electron chi connectivity index (χ1n) is 5.91. The summed E-state index contributed by atoms with van der Waals surface area (Å²) in [7, 11) is 0. The summed E-state index contributed by atoms with van der Waals surface area (Å²) in [4.78, 5) is 0. The van der Waals surface area contributed by atoms with Gasteiger partial charge in [0.25, 0.3) is 0 Å². The molecule has 0 bridgehead atoms. The van der Waals surface area contributed by atoms with E-state index in [9.17, 15) is 13.2 Å². The number of hydrogen-bond donors (Lipinski definition) is 1. The molecule has 0 heterocycles. The minimum Gasteiger partial charge on any atom is -0.381 e.